The molecule has 1 aromatic heterocycles. The monoisotopic (exact) mass is 321 g/mol. The molecule has 0 aromatic carbocycles. The molecule has 2 aliphatic carbocycles. The van der Waals surface area contributed by atoms with Gasteiger partial charge < -0.3 is 14.4 Å². The summed E-state index contributed by atoms with van der Waals surface area (Å²) in [6.07, 6.45) is 5.38. The number of fused-ring (bicyclic) bond motifs is 2. The Balaban J connectivity index is 1.44. The van der Waals surface area contributed by atoms with E-state index in [-0.39, 0.29) is 24.2 Å². The molecule has 4 nitrogen and oxygen atoms in total. The minimum Gasteiger partial charge on any atom is -0.374 e. The first kappa shape index (κ1) is 14.7. The molecule has 5 heteroatoms. The van der Waals surface area contributed by atoms with Crippen LogP contribution in [0.1, 0.15) is 31.2 Å². The molecule has 0 radical (unpaired) electrons. The predicted octanol–water partition coefficient (Wildman–Crippen LogP) is 2.48. The van der Waals surface area contributed by atoms with Crippen molar-refractivity contribution in [3.63, 3.8) is 0 Å². The third kappa shape index (κ3) is 3.07. The van der Waals surface area contributed by atoms with Crippen LogP contribution < -0.4 is 0 Å². The van der Waals surface area contributed by atoms with E-state index in [2.05, 4.69) is 5.38 Å². The summed E-state index contributed by atoms with van der Waals surface area (Å²) in [5.74, 6) is 0.965. The van der Waals surface area contributed by atoms with Crippen LogP contribution in [0.4, 0.5) is 0 Å². The Hall–Kier alpha value is -0.910. The lowest BCUT2D eigenvalue weighted by atomic mass is 10.1. The maximum atomic E-state index is 12.7. The molecule has 22 heavy (non-hydrogen) atoms. The van der Waals surface area contributed by atoms with Crippen molar-refractivity contribution in [1.29, 1.82) is 0 Å². The van der Waals surface area contributed by atoms with Crippen LogP contribution in [0, 0.1) is 5.92 Å². The number of hydrogen-bond donors (Lipinski definition) is 0. The summed E-state index contributed by atoms with van der Waals surface area (Å²) in [6, 6.07) is 2.24. The fraction of sp³-hybridized carbons (Fsp3) is 0.706. The minimum atomic E-state index is 0.0783. The average molecular weight is 321 g/mol. The third-order valence-corrected chi connectivity index (χ3v) is 5.77. The van der Waals surface area contributed by atoms with E-state index in [0.717, 1.165) is 30.9 Å². The molecule has 4 rings (SSSR count). The maximum Gasteiger partial charge on any atom is 0.227 e. The van der Waals surface area contributed by atoms with Gasteiger partial charge in [0.05, 0.1) is 25.2 Å². The van der Waals surface area contributed by atoms with Crippen LogP contribution in [0.3, 0.4) is 0 Å². The average Bonchev–Trinajstić information content (AvgIpc) is 3.08. The van der Waals surface area contributed by atoms with E-state index in [0.29, 0.717) is 19.6 Å². The first-order valence-corrected chi connectivity index (χ1v) is 9.29. The SMILES string of the molecule is O=C(Cc1ccsc1)N1CCO[C@H]2CC[C@H]1[C@H]2OCC1CC1. The molecule has 3 atom stereocenters. The number of carbonyl (C=O) groups excluding carboxylic acids is 1. The van der Waals surface area contributed by atoms with Gasteiger partial charge in [-0.2, -0.15) is 11.3 Å². The standard InChI is InChI=1S/C17H23NO3S/c19-16(9-13-5-8-22-11-13)18-6-7-20-15-4-3-14(18)17(15)21-10-12-1-2-12/h5,8,11-12,14-15,17H,1-4,6-7,9-10H2/t14-,15-,17+/m0/s1. The van der Waals surface area contributed by atoms with Crippen molar-refractivity contribution in [3.05, 3.63) is 22.4 Å². The van der Waals surface area contributed by atoms with Crippen molar-refractivity contribution in [2.24, 2.45) is 5.92 Å². The molecule has 120 valence electrons. The highest BCUT2D eigenvalue weighted by Gasteiger charge is 2.45. The number of hydrogen-bond acceptors (Lipinski definition) is 4. The van der Waals surface area contributed by atoms with E-state index < -0.39 is 0 Å². The number of carbonyl (C=O) groups is 1. The van der Waals surface area contributed by atoms with Crippen LogP contribution in [0.25, 0.3) is 0 Å². The van der Waals surface area contributed by atoms with Crippen molar-refractivity contribution in [2.45, 2.75) is 50.4 Å². The van der Waals surface area contributed by atoms with E-state index in [1.165, 1.54) is 12.8 Å². The fourth-order valence-corrected chi connectivity index (χ4v) is 4.29. The second kappa shape index (κ2) is 6.30. The molecule has 3 fully saturated rings. The molecular weight excluding hydrogens is 298 g/mol. The zero-order valence-electron chi connectivity index (χ0n) is 12.8. The van der Waals surface area contributed by atoms with Crippen LogP contribution in [0.2, 0.25) is 0 Å². The van der Waals surface area contributed by atoms with Crippen molar-refractivity contribution < 1.29 is 14.3 Å². The molecule has 3 aliphatic rings. The van der Waals surface area contributed by atoms with Crippen molar-refractivity contribution in [3.8, 4) is 0 Å². The van der Waals surface area contributed by atoms with Crippen molar-refractivity contribution >= 4 is 17.2 Å². The molecule has 0 unspecified atom stereocenters. The Morgan fingerprint density at radius 1 is 1.36 bits per heavy atom. The summed E-state index contributed by atoms with van der Waals surface area (Å²) in [4.78, 5) is 14.8. The molecule has 1 amide bonds. The van der Waals surface area contributed by atoms with Gasteiger partial charge in [0.25, 0.3) is 0 Å². The lowest BCUT2D eigenvalue weighted by molar-refractivity contribution is -0.135. The summed E-state index contributed by atoms with van der Waals surface area (Å²) in [7, 11) is 0. The second-order valence-corrected chi connectivity index (χ2v) is 7.47. The minimum absolute atomic E-state index is 0.0783. The van der Waals surface area contributed by atoms with Crippen LogP contribution in [-0.2, 0) is 20.7 Å². The molecule has 1 saturated heterocycles. The molecule has 2 saturated carbocycles. The summed E-state index contributed by atoms with van der Waals surface area (Å²) in [6.45, 7) is 2.18. The lowest BCUT2D eigenvalue weighted by Gasteiger charge is -2.31. The highest BCUT2D eigenvalue weighted by atomic mass is 32.1. The highest BCUT2D eigenvalue weighted by Crippen LogP contribution is 2.35. The summed E-state index contributed by atoms with van der Waals surface area (Å²) < 4.78 is 12.1. The van der Waals surface area contributed by atoms with E-state index >= 15 is 0 Å². The summed E-state index contributed by atoms with van der Waals surface area (Å²) in [5.41, 5.74) is 1.12. The number of ether oxygens (including phenoxy) is 2. The Morgan fingerprint density at radius 2 is 2.27 bits per heavy atom. The third-order valence-electron chi connectivity index (χ3n) is 5.03. The molecule has 2 heterocycles. The van der Waals surface area contributed by atoms with E-state index in [1.807, 2.05) is 16.3 Å². The molecule has 0 spiro atoms. The largest absolute Gasteiger partial charge is 0.374 e. The molecule has 1 aromatic rings. The normalized spacial score (nSPS) is 31.3. The number of nitrogens with zero attached hydrogens (tertiary/aromatic N) is 1. The van der Waals surface area contributed by atoms with Crippen LogP contribution in [-0.4, -0.2) is 48.8 Å². The van der Waals surface area contributed by atoms with Crippen LogP contribution in [0.5, 0.6) is 0 Å². The van der Waals surface area contributed by atoms with E-state index in [1.54, 1.807) is 11.3 Å². The zero-order valence-corrected chi connectivity index (χ0v) is 13.6. The number of thiophene rings is 1. The van der Waals surface area contributed by atoms with E-state index in [4.69, 9.17) is 9.47 Å². The summed E-state index contributed by atoms with van der Waals surface area (Å²) >= 11 is 1.65. The van der Waals surface area contributed by atoms with Gasteiger partial charge in [-0.1, -0.05) is 0 Å². The van der Waals surface area contributed by atoms with Gasteiger partial charge in [0.15, 0.2) is 0 Å². The van der Waals surface area contributed by atoms with Gasteiger partial charge in [-0.15, -0.1) is 0 Å². The Bertz CT molecular complexity index is 514. The van der Waals surface area contributed by atoms with Crippen molar-refractivity contribution in [2.75, 3.05) is 19.8 Å². The number of rotatable bonds is 5. The first-order valence-electron chi connectivity index (χ1n) is 8.35. The summed E-state index contributed by atoms with van der Waals surface area (Å²) in [5, 5.41) is 4.09. The second-order valence-electron chi connectivity index (χ2n) is 6.69. The smallest absolute Gasteiger partial charge is 0.227 e. The first-order chi connectivity index (χ1) is 10.8. The van der Waals surface area contributed by atoms with Crippen LogP contribution >= 0.6 is 11.3 Å². The van der Waals surface area contributed by atoms with Gasteiger partial charge >= 0.3 is 0 Å². The lowest BCUT2D eigenvalue weighted by Crippen LogP contribution is -2.47. The van der Waals surface area contributed by atoms with Gasteiger partial charge in [-0.05, 0) is 54.0 Å². The topological polar surface area (TPSA) is 38.8 Å². The fourth-order valence-electron chi connectivity index (χ4n) is 3.62. The van der Waals surface area contributed by atoms with Gasteiger partial charge in [-0.25, -0.2) is 0 Å². The Morgan fingerprint density at radius 3 is 3.05 bits per heavy atom. The van der Waals surface area contributed by atoms with Gasteiger partial charge in [0.2, 0.25) is 5.91 Å². The molecule has 2 bridgehead atoms. The number of amides is 1. The Kier molecular flexibility index (Phi) is 4.20. The molecule has 0 N–H and O–H groups in total. The van der Waals surface area contributed by atoms with Gasteiger partial charge in [-0.3, -0.25) is 4.79 Å². The van der Waals surface area contributed by atoms with E-state index in [9.17, 15) is 4.79 Å². The highest BCUT2D eigenvalue weighted by molar-refractivity contribution is 7.07. The Labute approximate surface area is 135 Å². The maximum absolute atomic E-state index is 12.7. The van der Waals surface area contributed by atoms with Crippen LogP contribution in [0.15, 0.2) is 16.8 Å². The molecular formula is C17H23NO3S. The van der Waals surface area contributed by atoms with Gasteiger partial charge in [0.1, 0.15) is 6.10 Å². The molecule has 1 aliphatic heterocycles. The quantitative estimate of drug-likeness (QED) is 0.836. The van der Waals surface area contributed by atoms with Gasteiger partial charge in [0, 0.05) is 13.2 Å². The van der Waals surface area contributed by atoms with Crippen molar-refractivity contribution in [1.82, 2.24) is 4.90 Å². The predicted molar refractivity (Wildman–Crippen MR) is 85.0 cm³/mol. The zero-order chi connectivity index (χ0) is 14.9.